The Kier molecular flexibility index (Phi) is 3.84. The second kappa shape index (κ2) is 5.43. The van der Waals surface area contributed by atoms with E-state index in [4.69, 9.17) is 5.11 Å². The van der Waals surface area contributed by atoms with Gasteiger partial charge < -0.3 is 15.3 Å². The number of benzene rings is 1. The molecular weight excluding hydrogens is 276 g/mol. The number of phenolic OH excluding ortho intramolecular Hbond substituents is 2. The Hall–Kier alpha value is -2.57. The fourth-order valence-electron chi connectivity index (χ4n) is 2.21. The molecular formula is C14H16N2O5. The monoisotopic (exact) mass is 292 g/mol. The summed E-state index contributed by atoms with van der Waals surface area (Å²) in [6.07, 6.45) is -0.237. The topological polar surface area (TPSA) is 113 Å². The molecule has 3 N–H and O–H groups in total. The molecule has 7 nitrogen and oxygen atoms in total. The number of carboxylic acid groups (broad SMARTS) is 1. The normalized spacial score (nSPS) is 11.2. The number of aromatic nitrogens is 2. The molecule has 0 amide bonds. The lowest BCUT2D eigenvalue weighted by atomic mass is 10.0. The maximum Gasteiger partial charge on any atom is 0.348 e. The lowest BCUT2D eigenvalue weighted by molar-refractivity contribution is -0.137. The van der Waals surface area contributed by atoms with Gasteiger partial charge in [-0.05, 0) is 18.1 Å². The number of rotatable bonds is 4. The van der Waals surface area contributed by atoms with E-state index in [1.54, 1.807) is 0 Å². The van der Waals surface area contributed by atoms with Gasteiger partial charge in [0.25, 0.3) is 0 Å². The summed E-state index contributed by atoms with van der Waals surface area (Å²) in [5.41, 5.74) is 0.155. The molecule has 0 spiro atoms. The van der Waals surface area contributed by atoms with E-state index in [1.807, 2.05) is 13.8 Å². The van der Waals surface area contributed by atoms with Crippen molar-refractivity contribution in [2.24, 2.45) is 0 Å². The Labute approximate surface area is 120 Å². The van der Waals surface area contributed by atoms with Crippen LogP contribution in [-0.4, -0.2) is 30.8 Å². The van der Waals surface area contributed by atoms with Crippen molar-refractivity contribution in [1.82, 2.24) is 9.55 Å². The van der Waals surface area contributed by atoms with Crippen molar-refractivity contribution < 1.29 is 20.1 Å². The van der Waals surface area contributed by atoms with Gasteiger partial charge in [0, 0.05) is 6.54 Å². The summed E-state index contributed by atoms with van der Waals surface area (Å²) in [7, 11) is 0. The van der Waals surface area contributed by atoms with Crippen LogP contribution < -0.4 is 5.69 Å². The lowest BCUT2D eigenvalue weighted by Gasteiger charge is -2.15. The van der Waals surface area contributed by atoms with E-state index in [0.717, 1.165) is 0 Å². The molecule has 0 unspecified atom stereocenters. The molecule has 0 saturated carbocycles. The van der Waals surface area contributed by atoms with Gasteiger partial charge in [0.2, 0.25) is 0 Å². The van der Waals surface area contributed by atoms with E-state index in [0.29, 0.717) is 11.2 Å². The minimum Gasteiger partial charge on any atom is -0.504 e. The number of carboxylic acids is 1. The highest BCUT2D eigenvalue weighted by Gasteiger charge is 2.18. The van der Waals surface area contributed by atoms with Gasteiger partial charge in [-0.1, -0.05) is 13.8 Å². The first-order valence-electron chi connectivity index (χ1n) is 6.50. The molecule has 0 bridgehead atoms. The van der Waals surface area contributed by atoms with Gasteiger partial charge in [0.1, 0.15) is 0 Å². The summed E-state index contributed by atoms with van der Waals surface area (Å²) < 4.78 is 1.19. The highest BCUT2D eigenvalue weighted by atomic mass is 16.4. The van der Waals surface area contributed by atoms with Crippen LogP contribution in [0.2, 0.25) is 0 Å². The number of hydrogen-bond acceptors (Lipinski definition) is 5. The highest BCUT2D eigenvalue weighted by molar-refractivity contribution is 5.90. The summed E-state index contributed by atoms with van der Waals surface area (Å²) in [5.74, 6) is -1.84. The van der Waals surface area contributed by atoms with Crippen LogP contribution in [0, 0.1) is 0 Å². The Morgan fingerprint density at radius 1 is 1.33 bits per heavy atom. The Balaban J connectivity index is 2.80. The van der Waals surface area contributed by atoms with Gasteiger partial charge in [0.15, 0.2) is 11.5 Å². The average Bonchev–Trinajstić information content (AvgIpc) is 2.40. The maximum absolute atomic E-state index is 12.1. The molecule has 1 heterocycles. The first kappa shape index (κ1) is 14.8. The van der Waals surface area contributed by atoms with Crippen LogP contribution >= 0.6 is 0 Å². The molecule has 2 rings (SSSR count). The number of nitrogens with zero attached hydrogens (tertiary/aromatic N) is 2. The molecule has 0 radical (unpaired) electrons. The zero-order valence-corrected chi connectivity index (χ0v) is 11.7. The Bertz CT molecular complexity index is 764. The molecule has 0 aliphatic carbocycles. The molecule has 2 aromatic rings. The first-order valence-corrected chi connectivity index (χ1v) is 6.50. The zero-order valence-electron chi connectivity index (χ0n) is 11.7. The fourth-order valence-corrected chi connectivity index (χ4v) is 2.21. The Morgan fingerprint density at radius 2 is 2.00 bits per heavy atom. The third kappa shape index (κ3) is 2.67. The quantitative estimate of drug-likeness (QED) is 0.734. The van der Waals surface area contributed by atoms with E-state index < -0.39 is 11.7 Å². The van der Waals surface area contributed by atoms with Gasteiger partial charge in [-0.3, -0.25) is 9.36 Å². The molecule has 21 heavy (non-hydrogen) atoms. The van der Waals surface area contributed by atoms with E-state index in [-0.39, 0.29) is 35.8 Å². The van der Waals surface area contributed by atoms with Crippen LogP contribution in [0.25, 0.3) is 10.9 Å². The van der Waals surface area contributed by atoms with Crippen molar-refractivity contribution in [3.63, 3.8) is 0 Å². The summed E-state index contributed by atoms with van der Waals surface area (Å²) in [6, 6.07) is 2.74. The van der Waals surface area contributed by atoms with Crippen LogP contribution in [0.3, 0.4) is 0 Å². The van der Waals surface area contributed by atoms with Gasteiger partial charge in [-0.2, -0.15) is 4.98 Å². The SMILES string of the molecule is CC(C)c1nc(=O)n(CCC(=O)O)c2ccc(O)c(O)c12. The van der Waals surface area contributed by atoms with Gasteiger partial charge in [-0.15, -0.1) is 0 Å². The lowest BCUT2D eigenvalue weighted by Crippen LogP contribution is -2.26. The van der Waals surface area contributed by atoms with Crippen LogP contribution in [-0.2, 0) is 11.3 Å². The molecule has 0 fully saturated rings. The Morgan fingerprint density at radius 3 is 2.57 bits per heavy atom. The van der Waals surface area contributed by atoms with Gasteiger partial charge in [-0.25, -0.2) is 4.79 Å². The van der Waals surface area contributed by atoms with Gasteiger partial charge >= 0.3 is 11.7 Å². The number of hydrogen-bond donors (Lipinski definition) is 3. The molecule has 0 aliphatic rings. The first-order chi connectivity index (χ1) is 9.82. The van der Waals surface area contributed by atoms with Crippen LogP contribution in [0.4, 0.5) is 0 Å². The van der Waals surface area contributed by atoms with Crippen molar-refractivity contribution in [1.29, 1.82) is 0 Å². The van der Waals surface area contributed by atoms with Crippen LogP contribution in [0.1, 0.15) is 31.9 Å². The average molecular weight is 292 g/mol. The van der Waals surface area contributed by atoms with Crippen molar-refractivity contribution in [3.8, 4) is 11.5 Å². The molecule has 1 aromatic carbocycles. The zero-order chi connectivity index (χ0) is 15.7. The van der Waals surface area contributed by atoms with Crippen LogP contribution in [0.15, 0.2) is 16.9 Å². The minimum absolute atomic E-state index is 0.0553. The predicted octanol–water partition coefficient (Wildman–Crippen LogP) is 1.41. The molecule has 0 aliphatic heterocycles. The number of carbonyl (C=O) groups is 1. The third-order valence-corrected chi connectivity index (χ3v) is 3.22. The third-order valence-electron chi connectivity index (χ3n) is 3.22. The molecule has 112 valence electrons. The number of phenols is 2. The van der Waals surface area contributed by atoms with E-state index in [9.17, 15) is 19.8 Å². The molecule has 1 aromatic heterocycles. The van der Waals surface area contributed by atoms with Crippen molar-refractivity contribution >= 4 is 16.9 Å². The van der Waals surface area contributed by atoms with Crippen molar-refractivity contribution in [3.05, 3.63) is 28.3 Å². The minimum atomic E-state index is -1.04. The molecule has 0 saturated heterocycles. The van der Waals surface area contributed by atoms with Crippen molar-refractivity contribution in [2.75, 3.05) is 0 Å². The summed E-state index contributed by atoms with van der Waals surface area (Å²) >= 11 is 0. The van der Waals surface area contributed by atoms with Gasteiger partial charge in [0.05, 0.1) is 23.0 Å². The standard InChI is InChI=1S/C14H16N2O5/c1-7(2)12-11-8(3-4-9(17)13(11)20)16(14(21)15-12)6-5-10(18)19/h3-4,7,17,20H,5-6H2,1-2H3,(H,18,19). The van der Waals surface area contributed by atoms with Crippen LogP contribution in [0.5, 0.6) is 11.5 Å². The number of fused-ring (bicyclic) bond motifs is 1. The highest BCUT2D eigenvalue weighted by Crippen LogP contribution is 2.36. The number of aliphatic carboxylic acids is 1. The molecule has 7 heteroatoms. The largest absolute Gasteiger partial charge is 0.504 e. The predicted molar refractivity (Wildman–Crippen MR) is 75.7 cm³/mol. The summed E-state index contributed by atoms with van der Waals surface area (Å²) in [4.78, 5) is 26.7. The van der Waals surface area contributed by atoms with E-state index in [2.05, 4.69) is 4.98 Å². The number of aryl methyl sites for hydroxylation is 1. The summed E-state index contributed by atoms with van der Waals surface area (Å²) in [5, 5.41) is 28.7. The van der Waals surface area contributed by atoms with E-state index >= 15 is 0 Å². The molecule has 0 atom stereocenters. The second-order valence-electron chi connectivity index (χ2n) is 5.06. The van der Waals surface area contributed by atoms with E-state index in [1.165, 1.54) is 16.7 Å². The maximum atomic E-state index is 12.1. The number of aromatic hydroxyl groups is 2. The summed E-state index contributed by atoms with van der Waals surface area (Å²) in [6.45, 7) is 3.57. The second-order valence-corrected chi connectivity index (χ2v) is 5.06. The fraction of sp³-hybridized carbons (Fsp3) is 0.357. The smallest absolute Gasteiger partial charge is 0.348 e. The van der Waals surface area contributed by atoms with Crippen molar-refractivity contribution in [2.45, 2.75) is 32.7 Å².